The highest BCUT2D eigenvalue weighted by Crippen LogP contribution is 2.25. The fourth-order valence-corrected chi connectivity index (χ4v) is 2.61. The second-order valence-corrected chi connectivity index (χ2v) is 5.51. The lowest BCUT2D eigenvalue weighted by Gasteiger charge is -2.11. The van der Waals surface area contributed by atoms with Gasteiger partial charge >= 0.3 is 0 Å². The smallest absolute Gasteiger partial charge is 0.150 e. The third kappa shape index (κ3) is 2.88. The Morgan fingerprint density at radius 2 is 1.76 bits per heavy atom. The first-order chi connectivity index (χ1) is 10.1. The van der Waals surface area contributed by atoms with E-state index in [2.05, 4.69) is 26.2 Å². The summed E-state index contributed by atoms with van der Waals surface area (Å²) >= 11 is 3.06. The van der Waals surface area contributed by atoms with Crippen LogP contribution in [0, 0.1) is 11.6 Å². The van der Waals surface area contributed by atoms with E-state index in [0.29, 0.717) is 11.0 Å². The predicted octanol–water partition coefficient (Wildman–Crippen LogP) is 4.89. The summed E-state index contributed by atoms with van der Waals surface area (Å²) in [5.74, 6) is -1.26. The molecule has 0 fully saturated rings. The molecule has 1 N–H and O–H groups in total. The highest BCUT2D eigenvalue weighted by molar-refractivity contribution is 9.10. The van der Waals surface area contributed by atoms with Gasteiger partial charge in [-0.3, -0.25) is 4.98 Å². The van der Waals surface area contributed by atoms with Gasteiger partial charge in [0.15, 0.2) is 0 Å². The second kappa shape index (κ2) is 5.77. The zero-order chi connectivity index (χ0) is 14.8. The van der Waals surface area contributed by atoms with E-state index >= 15 is 0 Å². The fourth-order valence-electron chi connectivity index (χ4n) is 2.20. The van der Waals surface area contributed by atoms with Crippen molar-refractivity contribution in [2.45, 2.75) is 6.54 Å². The van der Waals surface area contributed by atoms with Crippen LogP contribution in [0.25, 0.3) is 10.9 Å². The fraction of sp³-hybridized carbons (Fsp3) is 0.0625. The van der Waals surface area contributed by atoms with Gasteiger partial charge in [0.25, 0.3) is 0 Å². The van der Waals surface area contributed by atoms with Crippen molar-refractivity contribution in [3.63, 3.8) is 0 Å². The van der Waals surface area contributed by atoms with Crippen molar-refractivity contribution in [2.24, 2.45) is 0 Å². The lowest BCUT2D eigenvalue weighted by Crippen LogP contribution is -2.05. The Kier molecular flexibility index (Phi) is 3.84. The molecule has 0 radical (unpaired) electrons. The average Bonchev–Trinajstić information content (AvgIpc) is 2.46. The normalized spacial score (nSPS) is 10.8. The van der Waals surface area contributed by atoms with Crippen LogP contribution in [-0.4, -0.2) is 4.98 Å². The Balaban J connectivity index is 1.91. The molecule has 2 nitrogen and oxygen atoms in total. The molecule has 0 spiro atoms. The number of para-hydroxylation sites is 1. The zero-order valence-electron chi connectivity index (χ0n) is 10.9. The lowest BCUT2D eigenvalue weighted by atomic mass is 10.1. The van der Waals surface area contributed by atoms with Gasteiger partial charge in [0.2, 0.25) is 0 Å². The van der Waals surface area contributed by atoms with Crippen molar-refractivity contribution < 1.29 is 8.78 Å². The topological polar surface area (TPSA) is 24.9 Å². The molecule has 3 rings (SSSR count). The average molecular weight is 349 g/mol. The molecular weight excluding hydrogens is 338 g/mol. The minimum absolute atomic E-state index is 0.133. The molecular formula is C16H11BrF2N2. The molecule has 0 bridgehead atoms. The van der Waals surface area contributed by atoms with Crippen LogP contribution in [0.1, 0.15) is 5.56 Å². The van der Waals surface area contributed by atoms with E-state index in [0.717, 1.165) is 16.5 Å². The summed E-state index contributed by atoms with van der Waals surface area (Å²) in [5, 5.41) is 3.80. The quantitative estimate of drug-likeness (QED) is 0.728. The van der Waals surface area contributed by atoms with Gasteiger partial charge in [0, 0.05) is 22.6 Å². The first kappa shape index (κ1) is 13.9. The molecule has 106 valence electrons. The van der Waals surface area contributed by atoms with Crippen molar-refractivity contribution >= 4 is 32.5 Å². The Morgan fingerprint density at radius 1 is 1.05 bits per heavy atom. The first-order valence-corrected chi connectivity index (χ1v) is 7.15. The Hall–Kier alpha value is -2.01. The van der Waals surface area contributed by atoms with Gasteiger partial charge in [-0.15, -0.1) is 0 Å². The standard InChI is InChI=1S/C16H11BrF2N2/c17-12-7-13(18)16(14(19)8-12)21-9-11-4-1-3-10-5-2-6-20-15(10)11/h1-8,21H,9H2. The maximum Gasteiger partial charge on any atom is 0.150 e. The number of benzene rings is 2. The molecule has 0 aliphatic carbocycles. The lowest BCUT2D eigenvalue weighted by molar-refractivity contribution is 0.586. The number of anilines is 1. The molecule has 0 saturated heterocycles. The highest BCUT2D eigenvalue weighted by Gasteiger charge is 2.11. The number of nitrogens with zero attached hydrogens (tertiary/aromatic N) is 1. The van der Waals surface area contributed by atoms with Crippen LogP contribution < -0.4 is 5.32 Å². The molecule has 1 aromatic heterocycles. The van der Waals surface area contributed by atoms with Crippen molar-refractivity contribution in [1.29, 1.82) is 0 Å². The number of aromatic nitrogens is 1. The van der Waals surface area contributed by atoms with Crippen LogP contribution >= 0.6 is 15.9 Å². The maximum absolute atomic E-state index is 13.8. The monoisotopic (exact) mass is 348 g/mol. The maximum atomic E-state index is 13.8. The zero-order valence-corrected chi connectivity index (χ0v) is 12.5. The van der Waals surface area contributed by atoms with Gasteiger partial charge in [-0.2, -0.15) is 0 Å². The van der Waals surface area contributed by atoms with Crippen molar-refractivity contribution in [2.75, 3.05) is 5.32 Å². The number of pyridine rings is 1. The molecule has 0 amide bonds. The molecule has 0 saturated carbocycles. The predicted molar refractivity (Wildman–Crippen MR) is 83.1 cm³/mol. The van der Waals surface area contributed by atoms with E-state index in [-0.39, 0.29) is 5.69 Å². The van der Waals surface area contributed by atoms with Gasteiger partial charge in [-0.05, 0) is 23.8 Å². The summed E-state index contributed by atoms with van der Waals surface area (Å²) < 4.78 is 27.9. The molecule has 0 aliphatic heterocycles. The number of hydrogen-bond acceptors (Lipinski definition) is 2. The Labute approximate surface area is 129 Å². The van der Waals surface area contributed by atoms with Gasteiger partial charge in [-0.1, -0.05) is 40.2 Å². The third-order valence-corrected chi connectivity index (χ3v) is 3.64. The SMILES string of the molecule is Fc1cc(Br)cc(F)c1NCc1cccc2cccnc12. The van der Waals surface area contributed by atoms with Gasteiger partial charge < -0.3 is 5.32 Å². The third-order valence-electron chi connectivity index (χ3n) is 3.18. The minimum Gasteiger partial charge on any atom is -0.376 e. The highest BCUT2D eigenvalue weighted by atomic mass is 79.9. The van der Waals surface area contributed by atoms with E-state index in [1.807, 2.05) is 30.3 Å². The summed E-state index contributed by atoms with van der Waals surface area (Å²) in [6.45, 7) is 0.295. The summed E-state index contributed by atoms with van der Waals surface area (Å²) in [5.41, 5.74) is 1.58. The molecule has 0 atom stereocenters. The van der Waals surface area contributed by atoms with E-state index in [4.69, 9.17) is 0 Å². The number of fused-ring (bicyclic) bond motifs is 1. The number of halogens is 3. The van der Waals surface area contributed by atoms with Gasteiger partial charge in [0.1, 0.15) is 17.3 Å². The molecule has 0 unspecified atom stereocenters. The van der Waals surface area contributed by atoms with Gasteiger partial charge in [-0.25, -0.2) is 8.78 Å². The summed E-state index contributed by atoms with van der Waals surface area (Å²) in [7, 11) is 0. The molecule has 1 heterocycles. The molecule has 2 aromatic carbocycles. The first-order valence-electron chi connectivity index (χ1n) is 6.36. The summed E-state index contributed by atoms with van der Waals surface area (Å²) in [6.07, 6.45) is 1.70. The van der Waals surface area contributed by atoms with E-state index in [1.54, 1.807) is 6.20 Å². The number of rotatable bonds is 3. The molecule has 0 aliphatic rings. The van der Waals surface area contributed by atoms with Crippen LogP contribution in [0.3, 0.4) is 0 Å². The second-order valence-electron chi connectivity index (χ2n) is 4.59. The van der Waals surface area contributed by atoms with E-state index in [1.165, 1.54) is 12.1 Å². The van der Waals surface area contributed by atoms with E-state index in [9.17, 15) is 8.78 Å². The summed E-state index contributed by atoms with van der Waals surface area (Å²) in [4.78, 5) is 4.32. The van der Waals surface area contributed by atoms with Crippen LogP contribution in [-0.2, 0) is 6.54 Å². The minimum atomic E-state index is -0.630. The molecule has 21 heavy (non-hydrogen) atoms. The molecule has 3 aromatic rings. The van der Waals surface area contributed by atoms with Crippen molar-refractivity contribution in [3.8, 4) is 0 Å². The van der Waals surface area contributed by atoms with Crippen LogP contribution in [0.2, 0.25) is 0 Å². The number of nitrogens with one attached hydrogen (secondary N) is 1. The van der Waals surface area contributed by atoms with Crippen LogP contribution in [0.5, 0.6) is 0 Å². The largest absolute Gasteiger partial charge is 0.376 e. The Morgan fingerprint density at radius 3 is 2.52 bits per heavy atom. The van der Waals surface area contributed by atoms with E-state index < -0.39 is 11.6 Å². The van der Waals surface area contributed by atoms with Crippen molar-refractivity contribution in [3.05, 3.63) is 70.3 Å². The Bertz CT molecular complexity index is 777. The van der Waals surface area contributed by atoms with Crippen LogP contribution in [0.4, 0.5) is 14.5 Å². The van der Waals surface area contributed by atoms with Crippen molar-refractivity contribution in [1.82, 2.24) is 4.98 Å². The molecule has 5 heteroatoms. The van der Waals surface area contributed by atoms with Gasteiger partial charge in [0.05, 0.1) is 5.52 Å². The van der Waals surface area contributed by atoms with Crippen LogP contribution in [0.15, 0.2) is 53.1 Å². The number of hydrogen-bond donors (Lipinski definition) is 1. The summed E-state index contributed by atoms with van der Waals surface area (Å²) in [6, 6.07) is 12.0.